The number of piperazine rings is 1. The van der Waals surface area contributed by atoms with Crippen LogP contribution in [-0.2, 0) is 11.8 Å². The summed E-state index contributed by atoms with van der Waals surface area (Å²) in [6.45, 7) is 3.98. The molecule has 0 N–H and O–H groups in total. The summed E-state index contributed by atoms with van der Waals surface area (Å²) in [6.07, 6.45) is 10.5. The fourth-order valence-electron chi connectivity index (χ4n) is 4.28. The minimum absolute atomic E-state index is 0.210. The van der Waals surface area contributed by atoms with Gasteiger partial charge in [0.1, 0.15) is 0 Å². The summed E-state index contributed by atoms with van der Waals surface area (Å²) in [5, 5.41) is 4.22. The van der Waals surface area contributed by atoms with Crippen molar-refractivity contribution in [2.75, 3.05) is 26.2 Å². The topological polar surface area (TPSA) is 41.4 Å². The van der Waals surface area contributed by atoms with Crippen molar-refractivity contribution < 1.29 is 4.79 Å². The minimum atomic E-state index is 0.210. The fraction of sp³-hybridized carbons (Fsp3) is 0.765. The first-order valence-corrected chi connectivity index (χ1v) is 8.74. The maximum Gasteiger partial charge on any atom is 0.226 e. The molecular formula is C17H26N4O. The van der Waals surface area contributed by atoms with Crippen LogP contribution in [-0.4, -0.2) is 57.7 Å². The van der Waals surface area contributed by atoms with Crippen LogP contribution in [0.5, 0.6) is 0 Å². The zero-order valence-electron chi connectivity index (χ0n) is 13.4. The van der Waals surface area contributed by atoms with Crippen LogP contribution in [0, 0.1) is 5.92 Å². The van der Waals surface area contributed by atoms with E-state index in [1.165, 1.54) is 31.2 Å². The Labute approximate surface area is 132 Å². The third-order valence-electron chi connectivity index (χ3n) is 5.73. The van der Waals surface area contributed by atoms with Crippen LogP contribution >= 0.6 is 0 Å². The monoisotopic (exact) mass is 302 g/mol. The first-order valence-electron chi connectivity index (χ1n) is 8.74. The summed E-state index contributed by atoms with van der Waals surface area (Å²) in [7, 11) is 1.94. The molecule has 4 rings (SSSR count). The molecule has 0 aromatic carbocycles. The number of carbonyl (C=O) groups is 1. The Bertz CT molecular complexity index is 541. The molecule has 1 aromatic heterocycles. The van der Waals surface area contributed by atoms with Crippen LogP contribution in [0.15, 0.2) is 12.4 Å². The maximum atomic E-state index is 12.7. The molecule has 3 fully saturated rings. The summed E-state index contributed by atoms with van der Waals surface area (Å²) >= 11 is 0. The lowest BCUT2D eigenvalue weighted by Crippen LogP contribution is -2.51. The second-order valence-corrected chi connectivity index (χ2v) is 7.20. The van der Waals surface area contributed by atoms with Crippen molar-refractivity contribution in [2.45, 2.75) is 44.1 Å². The van der Waals surface area contributed by atoms with Gasteiger partial charge in [0.25, 0.3) is 0 Å². The summed E-state index contributed by atoms with van der Waals surface area (Å²) < 4.78 is 1.83. The molecule has 0 bridgehead atoms. The highest BCUT2D eigenvalue weighted by Gasteiger charge is 2.46. The van der Waals surface area contributed by atoms with Crippen molar-refractivity contribution in [3.05, 3.63) is 18.0 Å². The Balaban J connectivity index is 1.30. The van der Waals surface area contributed by atoms with E-state index in [0.29, 0.717) is 11.8 Å². The largest absolute Gasteiger partial charge is 0.340 e. The average Bonchev–Trinajstić information content (AvgIpc) is 2.95. The van der Waals surface area contributed by atoms with Gasteiger partial charge in [-0.25, -0.2) is 0 Å². The second kappa shape index (κ2) is 5.69. The predicted octanol–water partition coefficient (Wildman–Crippen LogP) is 1.61. The van der Waals surface area contributed by atoms with Crippen LogP contribution in [0.25, 0.3) is 0 Å². The van der Waals surface area contributed by atoms with Crippen molar-refractivity contribution in [3.8, 4) is 0 Å². The van der Waals surface area contributed by atoms with Gasteiger partial charge in [-0.05, 0) is 30.7 Å². The zero-order chi connectivity index (χ0) is 15.1. The van der Waals surface area contributed by atoms with Crippen LogP contribution in [0.2, 0.25) is 0 Å². The van der Waals surface area contributed by atoms with Crippen molar-refractivity contribution in [2.24, 2.45) is 13.0 Å². The van der Waals surface area contributed by atoms with Crippen LogP contribution in [0.1, 0.15) is 43.6 Å². The predicted molar refractivity (Wildman–Crippen MR) is 84.5 cm³/mol. The third-order valence-corrected chi connectivity index (χ3v) is 5.73. The molecule has 2 atom stereocenters. The normalized spacial score (nSPS) is 30.0. The number of aromatic nitrogens is 2. The lowest BCUT2D eigenvalue weighted by Gasteiger charge is -2.38. The molecule has 1 saturated heterocycles. The molecule has 22 heavy (non-hydrogen) atoms. The average molecular weight is 302 g/mol. The molecular weight excluding hydrogens is 276 g/mol. The van der Waals surface area contributed by atoms with E-state index >= 15 is 0 Å². The number of aryl methyl sites for hydroxylation is 1. The lowest BCUT2D eigenvalue weighted by atomic mass is 10.1. The summed E-state index contributed by atoms with van der Waals surface area (Å²) in [5.74, 6) is 0.996. The van der Waals surface area contributed by atoms with Gasteiger partial charge in [-0.2, -0.15) is 5.10 Å². The van der Waals surface area contributed by atoms with Crippen LogP contribution in [0.4, 0.5) is 0 Å². The van der Waals surface area contributed by atoms with Gasteiger partial charge in [0.2, 0.25) is 5.91 Å². The summed E-state index contributed by atoms with van der Waals surface area (Å²) in [4.78, 5) is 17.4. The van der Waals surface area contributed by atoms with E-state index in [1.54, 1.807) is 0 Å². The first-order chi connectivity index (χ1) is 10.7. The molecule has 2 saturated carbocycles. The van der Waals surface area contributed by atoms with E-state index in [0.717, 1.165) is 38.6 Å². The van der Waals surface area contributed by atoms with E-state index in [1.807, 2.05) is 17.9 Å². The van der Waals surface area contributed by atoms with E-state index in [9.17, 15) is 4.79 Å². The van der Waals surface area contributed by atoms with Crippen molar-refractivity contribution in [1.29, 1.82) is 0 Å². The molecule has 5 nitrogen and oxygen atoms in total. The van der Waals surface area contributed by atoms with E-state index in [-0.39, 0.29) is 5.92 Å². The Hall–Kier alpha value is -1.36. The minimum Gasteiger partial charge on any atom is -0.340 e. The molecule has 0 radical (unpaired) electrons. The highest BCUT2D eigenvalue weighted by atomic mass is 16.2. The van der Waals surface area contributed by atoms with E-state index in [2.05, 4.69) is 21.1 Å². The molecule has 0 unspecified atom stereocenters. The number of hydrogen-bond donors (Lipinski definition) is 0. The quantitative estimate of drug-likeness (QED) is 0.852. The fourth-order valence-corrected chi connectivity index (χ4v) is 4.28. The smallest absolute Gasteiger partial charge is 0.226 e. The summed E-state index contributed by atoms with van der Waals surface area (Å²) in [6, 6.07) is 0.793. The Kier molecular flexibility index (Phi) is 3.68. The van der Waals surface area contributed by atoms with Gasteiger partial charge in [0.05, 0.1) is 6.20 Å². The maximum absolute atomic E-state index is 12.7. The number of rotatable bonds is 3. The molecule has 2 heterocycles. The molecule has 5 heteroatoms. The van der Waals surface area contributed by atoms with Crippen molar-refractivity contribution >= 4 is 5.91 Å². The van der Waals surface area contributed by atoms with Crippen molar-refractivity contribution in [1.82, 2.24) is 19.6 Å². The standard InChI is InChI=1S/C17H26N4O/c1-19-12-13(11-18-19)15-10-16(15)17(22)21-8-6-20(7-9-21)14-4-2-3-5-14/h11-12,14-16H,2-10H2,1H3/t15-,16-/m1/s1. The molecule has 2 aliphatic carbocycles. The Morgan fingerprint density at radius 3 is 2.55 bits per heavy atom. The molecule has 120 valence electrons. The number of nitrogens with zero attached hydrogens (tertiary/aromatic N) is 4. The number of amides is 1. The molecule has 1 amide bonds. The number of carbonyl (C=O) groups excluding carboxylic acids is 1. The van der Waals surface area contributed by atoms with Gasteiger partial charge in [0.15, 0.2) is 0 Å². The van der Waals surface area contributed by atoms with Crippen LogP contribution < -0.4 is 0 Å². The molecule has 3 aliphatic rings. The highest BCUT2D eigenvalue weighted by molar-refractivity contribution is 5.83. The first kappa shape index (κ1) is 14.2. The van der Waals surface area contributed by atoms with Gasteiger partial charge in [-0.15, -0.1) is 0 Å². The Morgan fingerprint density at radius 1 is 1.18 bits per heavy atom. The summed E-state index contributed by atoms with van der Waals surface area (Å²) in [5.41, 5.74) is 1.23. The second-order valence-electron chi connectivity index (χ2n) is 7.20. The Morgan fingerprint density at radius 2 is 1.91 bits per heavy atom. The van der Waals surface area contributed by atoms with E-state index < -0.39 is 0 Å². The third kappa shape index (κ3) is 2.67. The lowest BCUT2D eigenvalue weighted by molar-refractivity contribution is -0.134. The number of hydrogen-bond acceptors (Lipinski definition) is 3. The van der Waals surface area contributed by atoms with Gasteiger partial charge in [-0.1, -0.05) is 12.8 Å². The SMILES string of the molecule is Cn1cc([C@H]2C[C@H]2C(=O)N2CCN(C3CCCC3)CC2)cn1. The highest BCUT2D eigenvalue weighted by Crippen LogP contribution is 2.48. The molecule has 0 spiro atoms. The van der Waals surface area contributed by atoms with Gasteiger partial charge in [0, 0.05) is 51.4 Å². The molecule has 1 aliphatic heterocycles. The van der Waals surface area contributed by atoms with Crippen LogP contribution in [0.3, 0.4) is 0 Å². The van der Waals surface area contributed by atoms with Gasteiger partial charge >= 0.3 is 0 Å². The van der Waals surface area contributed by atoms with E-state index in [4.69, 9.17) is 0 Å². The zero-order valence-corrected chi connectivity index (χ0v) is 13.4. The van der Waals surface area contributed by atoms with Gasteiger partial charge in [-0.3, -0.25) is 14.4 Å². The van der Waals surface area contributed by atoms with Gasteiger partial charge < -0.3 is 4.90 Å². The molecule has 1 aromatic rings. The van der Waals surface area contributed by atoms with Crippen molar-refractivity contribution in [3.63, 3.8) is 0 Å².